The second kappa shape index (κ2) is 10.8. The van der Waals surface area contributed by atoms with Gasteiger partial charge in [0.2, 0.25) is 0 Å². The molecule has 2 amide bonds. The van der Waals surface area contributed by atoms with Crippen molar-refractivity contribution in [2.24, 2.45) is 0 Å². The predicted octanol–water partition coefficient (Wildman–Crippen LogP) is 4.62. The van der Waals surface area contributed by atoms with Crippen LogP contribution in [-0.4, -0.2) is 18.0 Å². The van der Waals surface area contributed by atoms with Crippen molar-refractivity contribution in [3.63, 3.8) is 0 Å². The molecule has 0 spiro atoms. The van der Waals surface area contributed by atoms with Gasteiger partial charge in [-0.15, -0.1) is 0 Å². The zero-order chi connectivity index (χ0) is 21.2. The number of carbonyl (C=O) groups is 1. The number of nitrogens with one attached hydrogen (secondary N) is 1. The standard InChI is InChI=1S/C25H25N3O2/c1-28(17-23-11-5-9-21(13-23)15-26)25(29)27-16-22-10-6-12-24(14-22)19-30-18-20-7-3-2-4-8-20/h2-14H,16-19H2,1H3,(H,27,29). The predicted molar refractivity (Wildman–Crippen MR) is 116 cm³/mol. The summed E-state index contributed by atoms with van der Waals surface area (Å²) in [6.45, 7) is 1.97. The van der Waals surface area contributed by atoms with E-state index in [1.807, 2.05) is 66.7 Å². The molecule has 3 aromatic carbocycles. The summed E-state index contributed by atoms with van der Waals surface area (Å²) in [6.07, 6.45) is 0. The Morgan fingerprint density at radius 2 is 1.57 bits per heavy atom. The molecule has 3 aromatic rings. The monoisotopic (exact) mass is 399 g/mol. The molecule has 5 heteroatoms. The van der Waals surface area contributed by atoms with E-state index in [1.54, 1.807) is 24.1 Å². The summed E-state index contributed by atoms with van der Waals surface area (Å²) in [5, 5.41) is 11.9. The summed E-state index contributed by atoms with van der Waals surface area (Å²) in [7, 11) is 1.74. The molecule has 0 aliphatic rings. The molecule has 0 heterocycles. The van der Waals surface area contributed by atoms with Crippen LogP contribution >= 0.6 is 0 Å². The van der Waals surface area contributed by atoms with E-state index in [1.165, 1.54) is 0 Å². The molecule has 0 aliphatic heterocycles. The molecular formula is C25H25N3O2. The van der Waals surface area contributed by atoms with Gasteiger partial charge in [0.15, 0.2) is 0 Å². The van der Waals surface area contributed by atoms with Crippen LogP contribution < -0.4 is 5.32 Å². The largest absolute Gasteiger partial charge is 0.372 e. The Labute approximate surface area is 177 Å². The molecule has 30 heavy (non-hydrogen) atoms. The summed E-state index contributed by atoms with van der Waals surface area (Å²) in [5.74, 6) is 0. The van der Waals surface area contributed by atoms with Gasteiger partial charge < -0.3 is 15.0 Å². The topological polar surface area (TPSA) is 65.4 Å². The van der Waals surface area contributed by atoms with E-state index in [0.29, 0.717) is 31.9 Å². The van der Waals surface area contributed by atoms with Crippen molar-refractivity contribution in [3.8, 4) is 6.07 Å². The van der Waals surface area contributed by atoms with Crippen LogP contribution in [0.2, 0.25) is 0 Å². The van der Waals surface area contributed by atoms with Crippen molar-refractivity contribution >= 4 is 6.03 Å². The fraction of sp³-hybridized carbons (Fsp3) is 0.200. The maximum Gasteiger partial charge on any atom is 0.317 e. The van der Waals surface area contributed by atoms with Gasteiger partial charge in [-0.1, -0.05) is 66.7 Å². The molecule has 1 N–H and O–H groups in total. The number of hydrogen-bond donors (Lipinski definition) is 1. The summed E-state index contributed by atoms with van der Waals surface area (Å²) < 4.78 is 5.79. The van der Waals surface area contributed by atoms with Crippen LogP contribution in [0, 0.1) is 11.3 Å². The first-order valence-corrected chi connectivity index (χ1v) is 9.81. The Bertz CT molecular complexity index is 1010. The number of urea groups is 1. The minimum absolute atomic E-state index is 0.164. The Hall–Kier alpha value is -3.62. The molecule has 5 nitrogen and oxygen atoms in total. The smallest absolute Gasteiger partial charge is 0.317 e. The van der Waals surface area contributed by atoms with Crippen LogP contribution in [0.4, 0.5) is 4.79 Å². The van der Waals surface area contributed by atoms with E-state index in [9.17, 15) is 4.79 Å². The van der Waals surface area contributed by atoms with Gasteiger partial charge in [-0.2, -0.15) is 5.26 Å². The molecule has 3 rings (SSSR count). The highest BCUT2D eigenvalue weighted by Crippen LogP contribution is 2.10. The van der Waals surface area contributed by atoms with Crippen molar-refractivity contribution in [3.05, 3.63) is 107 Å². The Kier molecular flexibility index (Phi) is 7.59. The number of amides is 2. The third-order valence-electron chi connectivity index (χ3n) is 4.64. The lowest BCUT2D eigenvalue weighted by Gasteiger charge is -2.18. The van der Waals surface area contributed by atoms with E-state index >= 15 is 0 Å². The van der Waals surface area contributed by atoms with Gasteiger partial charge in [-0.05, 0) is 34.4 Å². The van der Waals surface area contributed by atoms with Crippen LogP contribution in [0.1, 0.15) is 27.8 Å². The highest BCUT2D eigenvalue weighted by Gasteiger charge is 2.09. The van der Waals surface area contributed by atoms with Crippen molar-refractivity contribution in [1.82, 2.24) is 10.2 Å². The first-order chi connectivity index (χ1) is 14.6. The lowest BCUT2D eigenvalue weighted by Crippen LogP contribution is -2.36. The first-order valence-electron chi connectivity index (χ1n) is 9.81. The zero-order valence-electron chi connectivity index (χ0n) is 17.0. The van der Waals surface area contributed by atoms with Crippen molar-refractivity contribution in [2.75, 3.05) is 7.05 Å². The fourth-order valence-corrected chi connectivity index (χ4v) is 3.09. The number of benzene rings is 3. The summed E-state index contributed by atoms with van der Waals surface area (Å²) in [6, 6.07) is 27.3. The second-order valence-corrected chi connectivity index (χ2v) is 7.13. The van der Waals surface area contributed by atoms with Crippen molar-refractivity contribution < 1.29 is 9.53 Å². The summed E-state index contributed by atoms with van der Waals surface area (Å²) >= 11 is 0. The summed E-state index contributed by atoms with van der Waals surface area (Å²) in [5.41, 5.74) is 4.74. The molecule has 0 atom stereocenters. The van der Waals surface area contributed by atoms with Gasteiger partial charge in [0, 0.05) is 20.1 Å². The lowest BCUT2D eigenvalue weighted by atomic mass is 10.1. The van der Waals surface area contributed by atoms with E-state index in [-0.39, 0.29) is 6.03 Å². The zero-order valence-corrected chi connectivity index (χ0v) is 17.0. The molecule has 0 saturated heterocycles. The average molecular weight is 399 g/mol. The third kappa shape index (κ3) is 6.47. The molecule has 0 aromatic heterocycles. The van der Waals surface area contributed by atoms with Crippen LogP contribution in [0.15, 0.2) is 78.9 Å². The van der Waals surface area contributed by atoms with Gasteiger partial charge in [0.05, 0.1) is 24.8 Å². The number of nitriles is 1. The molecule has 0 fully saturated rings. The lowest BCUT2D eigenvalue weighted by molar-refractivity contribution is 0.107. The van der Waals surface area contributed by atoms with Crippen molar-refractivity contribution in [2.45, 2.75) is 26.3 Å². The number of hydrogen-bond acceptors (Lipinski definition) is 3. The minimum atomic E-state index is -0.164. The quantitative estimate of drug-likeness (QED) is 0.601. The van der Waals surface area contributed by atoms with Gasteiger partial charge in [-0.25, -0.2) is 4.79 Å². The highest BCUT2D eigenvalue weighted by molar-refractivity contribution is 5.73. The second-order valence-electron chi connectivity index (χ2n) is 7.13. The van der Waals surface area contributed by atoms with Crippen molar-refractivity contribution in [1.29, 1.82) is 5.26 Å². The molecule has 0 saturated carbocycles. The molecular weight excluding hydrogens is 374 g/mol. The van der Waals surface area contributed by atoms with Crippen LogP contribution in [0.3, 0.4) is 0 Å². The number of nitrogens with zero attached hydrogens (tertiary/aromatic N) is 2. The van der Waals surface area contributed by atoms with E-state index in [2.05, 4.69) is 11.4 Å². The number of rotatable bonds is 8. The van der Waals surface area contributed by atoms with Crippen LogP contribution in [-0.2, 0) is 31.0 Å². The minimum Gasteiger partial charge on any atom is -0.372 e. The van der Waals surface area contributed by atoms with Crippen LogP contribution in [0.25, 0.3) is 0 Å². The number of ether oxygens (including phenoxy) is 1. The molecule has 0 unspecified atom stereocenters. The van der Waals surface area contributed by atoms with Gasteiger partial charge in [-0.3, -0.25) is 0 Å². The molecule has 0 aliphatic carbocycles. The van der Waals surface area contributed by atoms with Gasteiger partial charge in [0.1, 0.15) is 0 Å². The normalized spacial score (nSPS) is 10.3. The Balaban J connectivity index is 1.47. The molecule has 0 bridgehead atoms. The molecule has 0 radical (unpaired) electrons. The van der Waals surface area contributed by atoms with E-state index in [0.717, 1.165) is 22.3 Å². The Morgan fingerprint density at radius 1 is 0.900 bits per heavy atom. The van der Waals surface area contributed by atoms with E-state index in [4.69, 9.17) is 10.00 Å². The van der Waals surface area contributed by atoms with E-state index < -0.39 is 0 Å². The average Bonchev–Trinajstić information content (AvgIpc) is 2.78. The van der Waals surface area contributed by atoms with Gasteiger partial charge in [0.25, 0.3) is 0 Å². The number of carbonyl (C=O) groups excluding carboxylic acids is 1. The third-order valence-corrected chi connectivity index (χ3v) is 4.64. The first kappa shape index (κ1) is 21.1. The maximum atomic E-state index is 12.4. The molecule has 152 valence electrons. The van der Waals surface area contributed by atoms with Crippen LogP contribution in [0.5, 0.6) is 0 Å². The maximum absolute atomic E-state index is 12.4. The Morgan fingerprint density at radius 3 is 2.37 bits per heavy atom. The summed E-state index contributed by atoms with van der Waals surface area (Å²) in [4.78, 5) is 14.0. The SMILES string of the molecule is CN(Cc1cccc(C#N)c1)C(=O)NCc1cccc(COCc2ccccc2)c1. The highest BCUT2D eigenvalue weighted by atomic mass is 16.5. The fourth-order valence-electron chi connectivity index (χ4n) is 3.09. The van der Waals surface area contributed by atoms with Gasteiger partial charge >= 0.3 is 6.03 Å².